The van der Waals surface area contributed by atoms with Crippen LogP contribution in [0.15, 0.2) is 36.7 Å². The van der Waals surface area contributed by atoms with Gasteiger partial charge in [-0.25, -0.2) is 14.2 Å². The van der Waals surface area contributed by atoms with Crippen LogP contribution in [-0.4, -0.2) is 78.5 Å². The van der Waals surface area contributed by atoms with Gasteiger partial charge in [0.2, 0.25) is 5.91 Å². The number of likely N-dealkylation sites (tertiary alicyclic amines) is 1. The molecule has 1 aliphatic rings. The first-order chi connectivity index (χ1) is 19.9. The van der Waals surface area contributed by atoms with Gasteiger partial charge >= 0.3 is 6.09 Å². The number of aromatic nitrogens is 2. The number of rotatable bonds is 12. The fourth-order valence-electron chi connectivity index (χ4n) is 4.78. The van der Waals surface area contributed by atoms with Crippen molar-refractivity contribution in [2.24, 2.45) is 0 Å². The van der Waals surface area contributed by atoms with E-state index in [-0.39, 0.29) is 18.2 Å². The van der Waals surface area contributed by atoms with Crippen LogP contribution in [0.1, 0.15) is 18.4 Å². The van der Waals surface area contributed by atoms with E-state index >= 15 is 4.39 Å². The Balaban J connectivity index is 1.45. The first kappa shape index (κ1) is 32.2. The number of benzene rings is 1. The lowest BCUT2D eigenvalue weighted by Crippen LogP contribution is -2.52. The van der Waals surface area contributed by atoms with Gasteiger partial charge in [0.1, 0.15) is 24.2 Å². The van der Waals surface area contributed by atoms with Crippen LogP contribution in [0.25, 0.3) is 11.0 Å². The van der Waals surface area contributed by atoms with Gasteiger partial charge in [0.05, 0.1) is 5.39 Å². The zero-order valence-electron chi connectivity index (χ0n) is 24.5. The van der Waals surface area contributed by atoms with Crippen LogP contribution in [0.2, 0.25) is 25.7 Å². The van der Waals surface area contributed by atoms with Crippen molar-refractivity contribution in [1.82, 2.24) is 25.1 Å². The molecular formula is C29H39FIN5O5Si. The summed E-state index contributed by atoms with van der Waals surface area (Å²) >= 11 is 2.21. The number of pyridine rings is 1. The molecule has 0 aliphatic carbocycles. The second kappa shape index (κ2) is 14.1. The van der Waals surface area contributed by atoms with Crippen molar-refractivity contribution < 1.29 is 28.6 Å². The summed E-state index contributed by atoms with van der Waals surface area (Å²) < 4.78 is 30.0. The number of carbonyl (C=O) groups is 2. The Kier molecular flexibility index (Phi) is 10.8. The summed E-state index contributed by atoms with van der Waals surface area (Å²) in [7, 11) is 0.826. The maximum atomic E-state index is 15.3. The van der Waals surface area contributed by atoms with Crippen LogP contribution in [-0.2, 0) is 22.7 Å². The van der Waals surface area contributed by atoms with Crippen molar-refractivity contribution in [1.29, 1.82) is 0 Å². The van der Waals surface area contributed by atoms with E-state index in [1.807, 2.05) is 17.8 Å². The molecule has 1 aliphatic heterocycles. The summed E-state index contributed by atoms with van der Waals surface area (Å²) in [6.45, 7) is 9.67. The average Bonchev–Trinajstić information content (AvgIpc) is 3.24. The number of fused-ring (bicyclic) bond motifs is 1. The Morgan fingerprint density at radius 2 is 1.95 bits per heavy atom. The van der Waals surface area contributed by atoms with Crippen molar-refractivity contribution in [3.8, 4) is 11.5 Å². The molecule has 3 aromatic rings. The van der Waals surface area contributed by atoms with Gasteiger partial charge in [0.25, 0.3) is 0 Å². The van der Waals surface area contributed by atoms with Crippen molar-refractivity contribution in [2.45, 2.75) is 63.8 Å². The zero-order chi connectivity index (χ0) is 30.4. The normalized spacial score (nSPS) is 15.5. The maximum Gasteiger partial charge on any atom is 0.405 e. The fraction of sp³-hybridized carbons (Fsp3) is 0.483. The van der Waals surface area contributed by atoms with E-state index < -0.39 is 31.9 Å². The summed E-state index contributed by atoms with van der Waals surface area (Å²) in [5.41, 5.74) is 1.15. The minimum absolute atomic E-state index is 0.0000891. The number of hydrogen-bond acceptors (Lipinski definition) is 6. The van der Waals surface area contributed by atoms with Crippen LogP contribution in [0.5, 0.6) is 11.5 Å². The fourth-order valence-corrected chi connectivity index (χ4v) is 6.38. The number of nitrogens with one attached hydrogen (secondary N) is 2. The van der Waals surface area contributed by atoms with Gasteiger partial charge < -0.3 is 34.7 Å². The molecule has 42 heavy (non-hydrogen) atoms. The lowest BCUT2D eigenvalue weighted by molar-refractivity contribution is -0.124. The van der Waals surface area contributed by atoms with E-state index in [2.05, 4.69) is 62.7 Å². The van der Waals surface area contributed by atoms with Crippen LogP contribution in [0.3, 0.4) is 0 Å². The van der Waals surface area contributed by atoms with Crippen molar-refractivity contribution in [3.63, 3.8) is 0 Å². The largest absolute Gasteiger partial charge is 0.465 e. The summed E-state index contributed by atoms with van der Waals surface area (Å²) in [5, 5.41) is 15.3. The second-order valence-electron chi connectivity index (χ2n) is 12.0. The van der Waals surface area contributed by atoms with Gasteiger partial charge in [-0.3, -0.25) is 4.79 Å². The number of piperidine rings is 1. The Morgan fingerprint density at radius 3 is 2.62 bits per heavy atom. The third-order valence-electron chi connectivity index (χ3n) is 7.23. The summed E-state index contributed by atoms with van der Waals surface area (Å²) in [6.07, 6.45) is 3.82. The highest BCUT2D eigenvalue weighted by molar-refractivity contribution is 14.1. The SMILES string of the molecule is CN1CCC(NC(=O)C(Cc2ccc(Oc3ccnc4c3c(I)cn4COCC[Si](C)(C)C)c(F)c2)NC(=O)O)CC1. The molecule has 10 nitrogen and oxygen atoms in total. The number of carboxylic acid groups (broad SMARTS) is 1. The van der Waals surface area contributed by atoms with Crippen LogP contribution < -0.4 is 15.4 Å². The number of nitrogens with zero attached hydrogens (tertiary/aromatic N) is 3. The van der Waals surface area contributed by atoms with Gasteiger partial charge in [0, 0.05) is 43.1 Å². The number of carbonyl (C=O) groups excluding carboxylic acids is 1. The predicted molar refractivity (Wildman–Crippen MR) is 170 cm³/mol. The van der Waals surface area contributed by atoms with Crippen LogP contribution in [0.4, 0.5) is 9.18 Å². The van der Waals surface area contributed by atoms with Crippen molar-refractivity contribution in [2.75, 3.05) is 26.7 Å². The van der Waals surface area contributed by atoms with E-state index in [0.717, 1.165) is 40.9 Å². The maximum absolute atomic E-state index is 15.3. The predicted octanol–water partition coefficient (Wildman–Crippen LogP) is 5.27. The van der Waals surface area contributed by atoms with Gasteiger partial charge in [-0.15, -0.1) is 0 Å². The summed E-state index contributed by atoms with van der Waals surface area (Å²) in [4.78, 5) is 31.0. The first-order valence-electron chi connectivity index (χ1n) is 14.1. The van der Waals surface area contributed by atoms with E-state index in [0.29, 0.717) is 30.3 Å². The third-order valence-corrected chi connectivity index (χ3v) is 9.76. The molecule has 0 spiro atoms. The number of halogens is 2. The molecule has 1 saturated heterocycles. The minimum Gasteiger partial charge on any atom is -0.465 e. The minimum atomic E-state index is -1.32. The lowest BCUT2D eigenvalue weighted by atomic mass is 10.0. The molecule has 1 atom stereocenters. The Hall–Kier alpha value is -2.75. The third kappa shape index (κ3) is 8.88. The van der Waals surface area contributed by atoms with Crippen LogP contribution in [0, 0.1) is 9.39 Å². The van der Waals surface area contributed by atoms with Crippen molar-refractivity contribution >= 4 is 53.7 Å². The lowest BCUT2D eigenvalue weighted by Gasteiger charge is -2.30. The monoisotopic (exact) mass is 711 g/mol. The number of hydrogen-bond donors (Lipinski definition) is 3. The molecular weight excluding hydrogens is 672 g/mol. The Labute approximate surface area is 260 Å². The smallest absolute Gasteiger partial charge is 0.405 e. The molecule has 0 bridgehead atoms. The van der Waals surface area contributed by atoms with Gasteiger partial charge in [-0.05, 0) is 85.4 Å². The Bertz CT molecular complexity index is 1410. The van der Waals surface area contributed by atoms with E-state index in [1.54, 1.807) is 18.3 Å². The standard InChI is InChI=1S/C29H39FIN5O5Si/c1-35-11-8-20(9-12-35)33-28(37)23(34-29(38)39)16-19-5-6-24(21(30)15-19)41-25-7-10-32-27-26(25)22(31)17-36(27)18-40-13-14-42(2,3)4/h5-7,10,15,17,20,23,34H,8-9,11-14,16,18H2,1-4H3,(H,33,37)(H,38,39). The molecule has 2 aromatic heterocycles. The molecule has 1 aromatic carbocycles. The molecule has 1 fully saturated rings. The molecule has 1 unspecified atom stereocenters. The highest BCUT2D eigenvalue weighted by atomic mass is 127. The van der Waals surface area contributed by atoms with Gasteiger partial charge in [0.15, 0.2) is 11.6 Å². The average molecular weight is 712 g/mol. The van der Waals surface area contributed by atoms with Crippen LogP contribution >= 0.6 is 22.6 Å². The molecule has 0 radical (unpaired) electrons. The first-order valence-corrected chi connectivity index (χ1v) is 18.8. The molecule has 13 heteroatoms. The quantitative estimate of drug-likeness (QED) is 0.133. The molecule has 0 saturated carbocycles. The zero-order valence-corrected chi connectivity index (χ0v) is 27.6. The van der Waals surface area contributed by atoms with E-state index in [1.165, 1.54) is 12.1 Å². The highest BCUT2D eigenvalue weighted by Crippen LogP contribution is 2.34. The summed E-state index contributed by atoms with van der Waals surface area (Å²) in [6, 6.07) is 6.08. The topological polar surface area (TPSA) is 118 Å². The Morgan fingerprint density at radius 1 is 1.21 bits per heavy atom. The molecule has 3 N–H and O–H groups in total. The molecule has 4 rings (SSSR count). The molecule has 2 amide bonds. The summed E-state index contributed by atoms with van der Waals surface area (Å²) in [5.74, 6) is -0.568. The number of amides is 2. The number of ether oxygens (including phenoxy) is 2. The van der Waals surface area contributed by atoms with Gasteiger partial charge in [-0.1, -0.05) is 25.7 Å². The van der Waals surface area contributed by atoms with E-state index in [9.17, 15) is 14.7 Å². The molecule has 3 heterocycles. The van der Waals surface area contributed by atoms with E-state index in [4.69, 9.17) is 9.47 Å². The highest BCUT2D eigenvalue weighted by Gasteiger charge is 2.26. The van der Waals surface area contributed by atoms with Crippen molar-refractivity contribution in [3.05, 3.63) is 51.6 Å². The van der Waals surface area contributed by atoms with Gasteiger partial charge in [-0.2, -0.15) is 0 Å². The second-order valence-corrected chi connectivity index (χ2v) is 18.7. The molecule has 228 valence electrons.